The van der Waals surface area contributed by atoms with Crippen LogP contribution in [0.25, 0.3) is 0 Å². The van der Waals surface area contributed by atoms with Crippen LogP contribution in [0.3, 0.4) is 0 Å². The summed E-state index contributed by atoms with van der Waals surface area (Å²) in [5.41, 5.74) is 0. The Labute approximate surface area is 379 Å². The predicted octanol–water partition coefficient (Wildman–Crippen LogP) is 12.7. The molecule has 11 heteroatoms. The number of ether oxygens (including phenoxy) is 5. The molecule has 0 N–H and O–H groups in total. The van der Waals surface area contributed by atoms with Crippen molar-refractivity contribution in [2.24, 2.45) is 0 Å². The third-order valence-electron chi connectivity index (χ3n) is 11.2. The molecule has 0 heterocycles. The van der Waals surface area contributed by atoms with Crippen LogP contribution >= 0.6 is 0 Å². The van der Waals surface area contributed by atoms with Crippen LogP contribution in [0.2, 0.25) is 0 Å². The molecule has 0 aromatic heterocycles. The molecule has 0 fully saturated rings. The molecule has 0 amide bonds. The summed E-state index contributed by atoms with van der Waals surface area (Å²) in [6.45, 7) is 7.45. The Morgan fingerprint density at radius 1 is 0.355 bits per heavy atom. The number of nitrogens with zero attached hydrogens (tertiary/aromatic N) is 1. The first-order valence-electron chi connectivity index (χ1n) is 25.6. The SMILES string of the molecule is CCCCCCCCCC(=O)OCCCCCCCC(=O)OCC(COC(=O)CCCCCC(=O)OC(CCCCCCCC)CCCCCCCC)OC(=O)CCCN(C)C. The fourth-order valence-electron chi connectivity index (χ4n) is 7.33. The van der Waals surface area contributed by atoms with Gasteiger partial charge in [-0.25, -0.2) is 0 Å². The van der Waals surface area contributed by atoms with E-state index in [1.54, 1.807) is 0 Å². The lowest BCUT2D eigenvalue weighted by molar-refractivity contribution is -0.167. The zero-order valence-electron chi connectivity index (χ0n) is 40.8. The molecule has 62 heavy (non-hydrogen) atoms. The van der Waals surface area contributed by atoms with E-state index in [0.29, 0.717) is 51.6 Å². The Hall–Kier alpha value is -2.69. The summed E-state index contributed by atoms with van der Waals surface area (Å²) in [5.74, 6) is -1.50. The van der Waals surface area contributed by atoms with Crippen molar-refractivity contribution in [3.8, 4) is 0 Å². The van der Waals surface area contributed by atoms with Crippen molar-refractivity contribution in [3.63, 3.8) is 0 Å². The van der Waals surface area contributed by atoms with Gasteiger partial charge in [-0.05, 0) is 84.8 Å². The third-order valence-corrected chi connectivity index (χ3v) is 11.2. The molecule has 1 unspecified atom stereocenters. The Kier molecular flexibility index (Phi) is 43.0. The van der Waals surface area contributed by atoms with Crippen LogP contribution in [0.15, 0.2) is 0 Å². The van der Waals surface area contributed by atoms with Crippen LogP contribution in [0, 0.1) is 0 Å². The zero-order valence-corrected chi connectivity index (χ0v) is 40.8. The van der Waals surface area contributed by atoms with Crippen LogP contribution < -0.4 is 0 Å². The fraction of sp³-hybridized carbons (Fsp3) is 0.902. The number of esters is 5. The second-order valence-electron chi connectivity index (χ2n) is 17.8. The molecule has 0 aromatic carbocycles. The molecule has 0 aliphatic carbocycles. The quantitative estimate of drug-likeness (QED) is 0.0328. The highest BCUT2D eigenvalue weighted by molar-refractivity contribution is 5.71. The van der Waals surface area contributed by atoms with Gasteiger partial charge in [0.05, 0.1) is 6.61 Å². The van der Waals surface area contributed by atoms with Crippen LogP contribution in [-0.4, -0.2) is 87.4 Å². The summed E-state index contributed by atoms with van der Waals surface area (Å²) in [4.78, 5) is 64.4. The first-order valence-corrected chi connectivity index (χ1v) is 25.6. The highest BCUT2D eigenvalue weighted by atomic mass is 16.6. The molecule has 0 aromatic rings. The van der Waals surface area contributed by atoms with Crippen LogP contribution in [0.5, 0.6) is 0 Å². The molecular formula is C51H95NO10. The maximum Gasteiger partial charge on any atom is 0.306 e. The number of hydrogen-bond donors (Lipinski definition) is 0. The topological polar surface area (TPSA) is 135 Å². The summed E-state index contributed by atoms with van der Waals surface area (Å²) < 4.78 is 27.8. The van der Waals surface area contributed by atoms with Crippen molar-refractivity contribution in [2.75, 3.05) is 40.5 Å². The predicted molar refractivity (Wildman–Crippen MR) is 250 cm³/mol. The highest BCUT2D eigenvalue weighted by Crippen LogP contribution is 2.19. The maximum absolute atomic E-state index is 12.8. The average molecular weight is 882 g/mol. The Bertz CT molecular complexity index is 1070. The monoisotopic (exact) mass is 882 g/mol. The minimum Gasteiger partial charge on any atom is -0.466 e. The minimum absolute atomic E-state index is 0.00580. The fourth-order valence-corrected chi connectivity index (χ4v) is 7.33. The second kappa shape index (κ2) is 44.9. The van der Waals surface area contributed by atoms with E-state index in [1.807, 2.05) is 19.0 Å². The van der Waals surface area contributed by atoms with Gasteiger partial charge in [-0.1, -0.05) is 149 Å². The van der Waals surface area contributed by atoms with E-state index >= 15 is 0 Å². The van der Waals surface area contributed by atoms with Crippen LogP contribution in [0.4, 0.5) is 0 Å². The van der Waals surface area contributed by atoms with Gasteiger partial charge in [0.2, 0.25) is 0 Å². The standard InChI is InChI=1S/C51H95NO10/c1-6-9-12-15-18-22-28-36-47(53)58-42-32-24-19-23-29-37-48(54)59-43-46(62-51(57)40-33-41-52(4)5)44-60-49(55)38-30-25-31-39-50(56)61-45(34-26-20-16-13-10-7-2)35-27-21-17-14-11-8-3/h45-46H,6-44H2,1-5H3. The van der Waals surface area contributed by atoms with Crippen LogP contribution in [-0.2, 0) is 47.7 Å². The number of rotatable bonds is 46. The van der Waals surface area contributed by atoms with Gasteiger partial charge in [-0.15, -0.1) is 0 Å². The molecular weight excluding hydrogens is 787 g/mol. The molecule has 11 nitrogen and oxygen atoms in total. The van der Waals surface area contributed by atoms with E-state index < -0.39 is 18.0 Å². The summed E-state index contributed by atoms with van der Waals surface area (Å²) in [6.07, 6.45) is 32.0. The Morgan fingerprint density at radius 3 is 1.11 bits per heavy atom. The molecule has 1 atom stereocenters. The van der Waals surface area contributed by atoms with Gasteiger partial charge in [-0.2, -0.15) is 0 Å². The lowest BCUT2D eigenvalue weighted by Gasteiger charge is -2.19. The van der Waals surface area contributed by atoms with Gasteiger partial charge in [0.1, 0.15) is 19.3 Å². The highest BCUT2D eigenvalue weighted by Gasteiger charge is 2.20. The third kappa shape index (κ3) is 42.6. The second-order valence-corrected chi connectivity index (χ2v) is 17.8. The van der Waals surface area contributed by atoms with Gasteiger partial charge >= 0.3 is 29.8 Å². The van der Waals surface area contributed by atoms with Crippen molar-refractivity contribution < 1.29 is 47.7 Å². The Balaban J connectivity index is 4.50. The molecule has 0 rings (SSSR count). The normalized spacial score (nSPS) is 11.8. The number of hydrogen-bond acceptors (Lipinski definition) is 11. The van der Waals surface area contributed by atoms with E-state index in [-0.39, 0.29) is 56.5 Å². The van der Waals surface area contributed by atoms with E-state index in [4.69, 9.17) is 23.7 Å². The lowest BCUT2D eigenvalue weighted by atomic mass is 10.0. The number of carbonyl (C=O) groups is 5. The van der Waals surface area contributed by atoms with Crippen molar-refractivity contribution in [3.05, 3.63) is 0 Å². The minimum atomic E-state index is -0.890. The average Bonchev–Trinajstić information content (AvgIpc) is 3.24. The number of unbranched alkanes of at least 4 members (excludes halogenated alkanes) is 22. The molecule has 0 saturated carbocycles. The number of carbonyl (C=O) groups excluding carboxylic acids is 5. The van der Waals surface area contributed by atoms with Crippen molar-refractivity contribution in [2.45, 2.75) is 258 Å². The summed E-state index contributed by atoms with van der Waals surface area (Å²) in [7, 11) is 3.86. The first-order chi connectivity index (χ1) is 30.1. The first kappa shape index (κ1) is 59.3. The summed E-state index contributed by atoms with van der Waals surface area (Å²) in [5, 5.41) is 0. The molecule has 364 valence electrons. The largest absolute Gasteiger partial charge is 0.466 e. The van der Waals surface area contributed by atoms with Crippen molar-refractivity contribution in [1.29, 1.82) is 0 Å². The van der Waals surface area contributed by atoms with Gasteiger partial charge < -0.3 is 28.6 Å². The van der Waals surface area contributed by atoms with E-state index in [2.05, 4.69) is 20.8 Å². The van der Waals surface area contributed by atoms with Crippen molar-refractivity contribution in [1.82, 2.24) is 4.90 Å². The van der Waals surface area contributed by atoms with E-state index in [1.165, 1.54) is 96.3 Å². The molecule has 0 aliphatic heterocycles. The van der Waals surface area contributed by atoms with E-state index in [9.17, 15) is 24.0 Å². The lowest BCUT2D eigenvalue weighted by Crippen LogP contribution is -2.31. The zero-order chi connectivity index (χ0) is 45.7. The van der Waals surface area contributed by atoms with E-state index in [0.717, 1.165) is 70.8 Å². The van der Waals surface area contributed by atoms with Gasteiger partial charge in [0.25, 0.3) is 0 Å². The van der Waals surface area contributed by atoms with Gasteiger partial charge in [-0.3, -0.25) is 24.0 Å². The molecule has 0 spiro atoms. The smallest absolute Gasteiger partial charge is 0.306 e. The summed E-state index contributed by atoms with van der Waals surface area (Å²) >= 11 is 0. The molecule has 0 bridgehead atoms. The van der Waals surface area contributed by atoms with Gasteiger partial charge in [0, 0.05) is 32.1 Å². The molecule has 0 aliphatic rings. The van der Waals surface area contributed by atoms with Crippen LogP contribution in [0.1, 0.15) is 245 Å². The summed E-state index contributed by atoms with van der Waals surface area (Å²) in [6, 6.07) is 0. The molecule has 0 radical (unpaired) electrons. The molecule has 0 saturated heterocycles. The van der Waals surface area contributed by atoms with Gasteiger partial charge in [0.15, 0.2) is 6.10 Å². The van der Waals surface area contributed by atoms with Crippen molar-refractivity contribution >= 4 is 29.8 Å². The maximum atomic E-state index is 12.8. The Morgan fingerprint density at radius 2 is 0.677 bits per heavy atom.